The molecule has 7 heteroatoms. The molecule has 1 aromatic rings. The monoisotopic (exact) mass is 374 g/mol. The fourth-order valence-electron chi connectivity index (χ4n) is 3.86. The number of hydrogen-bond acceptors (Lipinski definition) is 4. The summed E-state index contributed by atoms with van der Waals surface area (Å²) in [5.41, 5.74) is 1.51. The fourth-order valence-corrected chi connectivity index (χ4v) is 3.86. The van der Waals surface area contributed by atoms with E-state index in [-0.39, 0.29) is 24.6 Å². The highest BCUT2D eigenvalue weighted by Gasteiger charge is 2.28. The van der Waals surface area contributed by atoms with Crippen molar-refractivity contribution in [3.8, 4) is 0 Å². The standard InChI is InChI=1S/C20H30N4O3/c1-15-5-6-19(26)24(15)18-4-2-3-17(13-18)22-20(27)21-9-12-23-10-7-16(14-25)8-11-23/h2-4,13,15-16,25H,5-12,14H2,1H3,(H2,21,22,27)/t15-/m1/s1. The summed E-state index contributed by atoms with van der Waals surface area (Å²) in [6.45, 7) is 5.65. The highest BCUT2D eigenvalue weighted by atomic mass is 16.3. The summed E-state index contributed by atoms with van der Waals surface area (Å²) in [4.78, 5) is 28.3. The second kappa shape index (κ2) is 9.19. The highest BCUT2D eigenvalue weighted by molar-refractivity contribution is 5.97. The molecular weight excluding hydrogens is 344 g/mol. The normalized spacial score (nSPS) is 21.5. The van der Waals surface area contributed by atoms with Crippen LogP contribution >= 0.6 is 0 Å². The average molecular weight is 374 g/mol. The van der Waals surface area contributed by atoms with E-state index < -0.39 is 0 Å². The van der Waals surface area contributed by atoms with E-state index in [0.29, 0.717) is 24.6 Å². The molecule has 1 aromatic carbocycles. The third-order valence-electron chi connectivity index (χ3n) is 5.55. The minimum Gasteiger partial charge on any atom is -0.396 e. The van der Waals surface area contributed by atoms with Crippen LogP contribution < -0.4 is 15.5 Å². The summed E-state index contributed by atoms with van der Waals surface area (Å²) in [6.07, 6.45) is 3.48. The zero-order valence-corrected chi connectivity index (χ0v) is 16.0. The predicted molar refractivity (Wildman–Crippen MR) is 106 cm³/mol. The Bertz CT molecular complexity index is 658. The zero-order chi connectivity index (χ0) is 19.2. The van der Waals surface area contributed by atoms with E-state index in [1.165, 1.54) is 0 Å². The molecule has 0 bridgehead atoms. The van der Waals surface area contributed by atoms with Gasteiger partial charge in [0, 0.05) is 43.5 Å². The number of nitrogens with zero attached hydrogens (tertiary/aromatic N) is 2. The van der Waals surface area contributed by atoms with E-state index in [0.717, 1.165) is 44.6 Å². The maximum Gasteiger partial charge on any atom is 0.319 e. The fraction of sp³-hybridized carbons (Fsp3) is 0.600. The lowest BCUT2D eigenvalue weighted by Gasteiger charge is -2.30. The predicted octanol–water partition coefficient (Wildman–Crippen LogP) is 2.03. The first kappa shape index (κ1) is 19.6. The Morgan fingerprint density at radius 2 is 2.04 bits per heavy atom. The number of carbonyl (C=O) groups is 2. The molecule has 3 amide bonds. The number of aliphatic hydroxyl groups excluding tert-OH is 1. The molecule has 2 heterocycles. The summed E-state index contributed by atoms with van der Waals surface area (Å²) in [5.74, 6) is 0.559. The third kappa shape index (κ3) is 5.20. The Labute approximate surface area is 160 Å². The van der Waals surface area contributed by atoms with Crippen LogP contribution in [-0.2, 0) is 4.79 Å². The Balaban J connectivity index is 1.44. The van der Waals surface area contributed by atoms with Gasteiger partial charge in [-0.3, -0.25) is 4.79 Å². The van der Waals surface area contributed by atoms with Gasteiger partial charge >= 0.3 is 6.03 Å². The van der Waals surface area contributed by atoms with Crippen molar-refractivity contribution < 1.29 is 14.7 Å². The van der Waals surface area contributed by atoms with Gasteiger partial charge in [-0.2, -0.15) is 0 Å². The second-order valence-corrected chi connectivity index (χ2v) is 7.55. The topological polar surface area (TPSA) is 84.9 Å². The molecule has 3 N–H and O–H groups in total. The molecule has 0 saturated carbocycles. The Kier molecular flexibility index (Phi) is 6.68. The van der Waals surface area contributed by atoms with Gasteiger partial charge in [0.05, 0.1) is 0 Å². The molecule has 0 unspecified atom stereocenters. The summed E-state index contributed by atoms with van der Waals surface area (Å²) in [5, 5.41) is 14.9. The Morgan fingerprint density at radius 1 is 1.26 bits per heavy atom. The van der Waals surface area contributed by atoms with Crippen molar-refractivity contribution >= 4 is 23.3 Å². The Morgan fingerprint density at radius 3 is 2.70 bits per heavy atom. The molecule has 0 spiro atoms. The van der Waals surface area contributed by atoms with Gasteiger partial charge in [0.2, 0.25) is 5.91 Å². The molecule has 2 aliphatic heterocycles. The van der Waals surface area contributed by atoms with E-state index in [1.807, 2.05) is 31.2 Å². The van der Waals surface area contributed by atoms with Gasteiger partial charge < -0.3 is 25.5 Å². The number of likely N-dealkylation sites (tertiary alicyclic amines) is 1. The van der Waals surface area contributed by atoms with Gasteiger partial charge in [-0.1, -0.05) is 6.07 Å². The van der Waals surface area contributed by atoms with Crippen LogP contribution in [0.5, 0.6) is 0 Å². The van der Waals surface area contributed by atoms with Gasteiger partial charge in [-0.25, -0.2) is 4.79 Å². The van der Waals surface area contributed by atoms with Crippen molar-refractivity contribution in [3.05, 3.63) is 24.3 Å². The molecule has 2 aliphatic rings. The van der Waals surface area contributed by atoms with Gasteiger partial charge in [-0.15, -0.1) is 0 Å². The van der Waals surface area contributed by atoms with Crippen LogP contribution in [0.25, 0.3) is 0 Å². The zero-order valence-electron chi connectivity index (χ0n) is 16.0. The van der Waals surface area contributed by atoms with E-state index in [2.05, 4.69) is 15.5 Å². The van der Waals surface area contributed by atoms with Crippen molar-refractivity contribution in [1.82, 2.24) is 10.2 Å². The number of piperidine rings is 1. The van der Waals surface area contributed by atoms with Crippen molar-refractivity contribution in [1.29, 1.82) is 0 Å². The number of aliphatic hydroxyl groups is 1. The molecule has 2 fully saturated rings. The highest BCUT2D eigenvalue weighted by Crippen LogP contribution is 2.28. The molecule has 0 aliphatic carbocycles. The van der Waals surface area contributed by atoms with Gasteiger partial charge in [0.1, 0.15) is 0 Å². The lowest BCUT2D eigenvalue weighted by Crippen LogP contribution is -2.41. The molecule has 1 atom stereocenters. The number of urea groups is 1. The lowest BCUT2D eigenvalue weighted by atomic mass is 9.98. The number of benzene rings is 1. The van der Waals surface area contributed by atoms with Crippen molar-refractivity contribution in [2.24, 2.45) is 5.92 Å². The van der Waals surface area contributed by atoms with Crippen LogP contribution in [-0.4, -0.2) is 60.8 Å². The average Bonchev–Trinajstić information content (AvgIpc) is 3.01. The smallest absolute Gasteiger partial charge is 0.319 e. The van der Waals surface area contributed by atoms with Gasteiger partial charge in [0.15, 0.2) is 0 Å². The van der Waals surface area contributed by atoms with E-state index in [9.17, 15) is 14.7 Å². The largest absolute Gasteiger partial charge is 0.396 e. The van der Waals surface area contributed by atoms with Crippen LogP contribution in [0.3, 0.4) is 0 Å². The lowest BCUT2D eigenvalue weighted by molar-refractivity contribution is -0.117. The van der Waals surface area contributed by atoms with E-state index in [1.54, 1.807) is 4.90 Å². The maximum atomic E-state index is 12.2. The molecule has 148 valence electrons. The number of rotatable bonds is 6. The molecule has 0 aromatic heterocycles. The van der Waals surface area contributed by atoms with Crippen molar-refractivity contribution in [2.75, 3.05) is 43.0 Å². The van der Waals surface area contributed by atoms with Crippen molar-refractivity contribution in [3.63, 3.8) is 0 Å². The first-order valence-corrected chi connectivity index (χ1v) is 9.87. The van der Waals surface area contributed by atoms with Crippen LogP contribution in [0.4, 0.5) is 16.2 Å². The first-order chi connectivity index (χ1) is 13.1. The summed E-state index contributed by atoms with van der Waals surface area (Å²) in [7, 11) is 0. The number of amides is 3. The first-order valence-electron chi connectivity index (χ1n) is 9.87. The van der Waals surface area contributed by atoms with Crippen LogP contribution in [0.15, 0.2) is 24.3 Å². The summed E-state index contributed by atoms with van der Waals surface area (Å²) >= 11 is 0. The second-order valence-electron chi connectivity index (χ2n) is 7.55. The molecule has 2 saturated heterocycles. The summed E-state index contributed by atoms with van der Waals surface area (Å²) < 4.78 is 0. The Hall–Kier alpha value is -2.12. The van der Waals surface area contributed by atoms with Gasteiger partial charge in [0.25, 0.3) is 0 Å². The molecule has 7 nitrogen and oxygen atoms in total. The minimum absolute atomic E-state index is 0.133. The van der Waals surface area contributed by atoms with Crippen LogP contribution in [0.2, 0.25) is 0 Å². The number of hydrogen-bond donors (Lipinski definition) is 3. The SMILES string of the molecule is C[C@@H]1CCC(=O)N1c1cccc(NC(=O)NCCN2CCC(CO)CC2)c1. The van der Waals surface area contributed by atoms with Gasteiger partial charge in [-0.05, 0) is 63.4 Å². The van der Waals surface area contributed by atoms with Crippen molar-refractivity contribution in [2.45, 2.75) is 38.6 Å². The molecular formula is C20H30N4O3. The molecule has 0 radical (unpaired) electrons. The maximum absolute atomic E-state index is 12.2. The van der Waals surface area contributed by atoms with E-state index >= 15 is 0 Å². The van der Waals surface area contributed by atoms with Crippen LogP contribution in [0.1, 0.15) is 32.6 Å². The number of nitrogens with one attached hydrogen (secondary N) is 2. The molecule has 3 rings (SSSR count). The number of anilines is 2. The minimum atomic E-state index is -0.238. The van der Waals surface area contributed by atoms with E-state index in [4.69, 9.17) is 0 Å². The third-order valence-corrected chi connectivity index (χ3v) is 5.55. The quantitative estimate of drug-likeness (QED) is 0.711. The summed E-state index contributed by atoms with van der Waals surface area (Å²) in [6, 6.07) is 7.38. The molecule has 27 heavy (non-hydrogen) atoms. The van der Waals surface area contributed by atoms with Crippen LogP contribution in [0, 0.1) is 5.92 Å². The number of carbonyl (C=O) groups excluding carboxylic acids is 2.